The van der Waals surface area contributed by atoms with Crippen LogP contribution >= 0.6 is 11.6 Å². The topological polar surface area (TPSA) is 80.7 Å². The molecule has 0 fully saturated rings. The molecule has 0 bridgehead atoms. The Balaban J connectivity index is 2.22. The van der Waals surface area contributed by atoms with Crippen LogP contribution < -0.4 is 5.32 Å². The van der Waals surface area contributed by atoms with Crippen molar-refractivity contribution in [1.29, 1.82) is 0 Å². The Bertz CT molecular complexity index is 617. The van der Waals surface area contributed by atoms with Gasteiger partial charge in [0.05, 0.1) is 17.8 Å². The Morgan fingerprint density at radius 2 is 2.05 bits per heavy atom. The van der Waals surface area contributed by atoms with Gasteiger partial charge in [0, 0.05) is 6.20 Å². The van der Waals surface area contributed by atoms with Crippen LogP contribution in [-0.4, -0.2) is 26.2 Å². The number of hydrogen-bond donors (Lipinski definition) is 1. The summed E-state index contributed by atoms with van der Waals surface area (Å²) in [5.41, 5.74) is 1.05. The van der Waals surface area contributed by atoms with Gasteiger partial charge in [-0.15, -0.1) is 0 Å². The molecule has 0 saturated heterocycles. The van der Waals surface area contributed by atoms with Crippen molar-refractivity contribution in [3.05, 3.63) is 40.3 Å². The van der Waals surface area contributed by atoms with E-state index in [1.807, 2.05) is 6.92 Å². The van der Waals surface area contributed by atoms with Crippen LogP contribution in [-0.2, 0) is 6.54 Å². The van der Waals surface area contributed by atoms with Crippen molar-refractivity contribution in [3.63, 3.8) is 0 Å². The van der Waals surface area contributed by atoms with Gasteiger partial charge in [-0.25, -0.2) is 19.9 Å². The zero-order chi connectivity index (χ0) is 13.8. The van der Waals surface area contributed by atoms with Crippen molar-refractivity contribution in [2.24, 2.45) is 0 Å². The highest BCUT2D eigenvalue weighted by atomic mass is 35.5. The van der Waals surface area contributed by atoms with E-state index in [-0.39, 0.29) is 10.7 Å². The smallest absolute Gasteiger partial charge is 0.156 e. The fraction of sp³-hybridized carbons (Fsp3) is 0.250. The molecule has 2 aromatic rings. The minimum atomic E-state index is 0.142. The second-order valence-corrected chi connectivity index (χ2v) is 4.25. The molecule has 0 radical (unpaired) electrons. The number of nitrogens with one attached hydrogen (secondary N) is 1. The normalized spacial score (nSPS) is 10.3. The maximum absolute atomic E-state index is 11.0. The number of aldehydes is 1. The first-order valence-corrected chi connectivity index (χ1v) is 5.99. The molecule has 0 amide bonds. The SMILES string of the molecule is Cc1nccc(CNc2nc(C)nc(Cl)c2C=O)n1. The molecule has 2 heterocycles. The molecule has 0 aliphatic rings. The summed E-state index contributed by atoms with van der Waals surface area (Å²) in [5, 5.41) is 3.17. The van der Waals surface area contributed by atoms with Crippen LogP contribution in [0.15, 0.2) is 12.3 Å². The average molecular weight is 278 g/mol. The van der Waals surface area contributed by atoms with Gasteiger partial charge in [-0.05, 0) is 19.9 Å². The van der Waals surface area contributed by atoms with Gasteiger partial charge in [0.2, 0.25) is 0 Å². The lowest BCUT2D eigenvalue weighted by Gasteiger charge is -2.09. The maximum Gasteiger partial charge on any atom is 0.156 e. The van der Waals surface area contributed by atoms with Gasteiger partial charge < -0.3 is 5.32 Å². The zero-order valence-electron chi connectivity index (χ0n) is 10.5. The molecule has 1 N–H and O–H groups in total. The van der Waals surface area contributed by atoms with E-state index in [2.05, 4.69) is 25.3 Å². The van der Waals surface area contributed by atoms with Crippen LogP contribution in [0.3, 0.4) is 0 Å². The molecule has 98 valence electrons. The predicted octanol–water partition coefficient (Wildman–Crippen LogP) is 1.96. The van der Waals surface area contributed by atoms with Crippen molar-refractivity contribution in [2.45, 2.75) is 20.4 Å². The maximum atomic E-state index is 11.0. The molecule has 2 aromatic heterocycles. The molecule has 19 heavy (non-hydrogen) atoms. The molecular formula is C12H12ClN5O. The number of aryl methyl sites for hydroxylation is 2. The fourth-order valence-corrected chi connectivity index (χ4v) is 1.82. The largest absolute Gasteiger partial charge is 0.364 e. The predicted molar refractivity (Wildman–Crippen MR) is 71.3 cm³/mol. The Morgan fingerprint density at radius 1 is 1.26 bits per heavy atom. The monoisotopic (exact) mass is 277 g/mol. The van der Waals surface area contributed by atoms with E-state index in [1.54, 1.807) is 19.2 Å². The first-order chi connectivity index (χ1) is 9.10. The minimum Gasteiger partial charge on any atom is -0.364 e. The van der Waals surface area contributed by atoms with E-state index in [0.29, 0.717) is 30.3 Å². The summed E-state index contributed by atoms with van der Waals surface area (Å²) < 4.78 is 0. The summed E-state index contributed by atoms with van der Waals surface area (Å²) in [6.45, 7) is 3.95. The molecule has 0 spiro atoms. The van der Waals surface area contributed by atoms with E-state index in [9.17, 15) is 4.79 Å². The molecule has 0 aliphatic heterocycles. The van der Waals surface area contributed by atoms with Gasteiger partial charge in [0.25, 0.3) is 0 Å². The van der Waals surface area contributed by atoms with Crippen LogP contribution in [0, 0.1) is 13.8 Å². The van der Waals surface area contributed by atoms with Crippen LogP contribution in [0.5, 0.6) is 0 Å². The number of halogens is 1. The van der Waals surface area contributed by atoms with Crippen molar-refractivity contribution < 1.29 is 4.79 Å². The summed E-state index contributed by atoms with van der Waals surface area (Å²) in [4.78, 5) is 27.4. The lowest BCUT2D eigenvalue weighted by Crippen LogP contribution is -2.09. The van der Waals surface area contributed by atoms with Crippen molar-refractivity contribution in [1.82, 2.24) is 19.9 Å². The Morgan fingerprint density at radius 3 is 2.74 bits per heavy atom. The van der Waals surface area contributed by atoms with Gasteiger partial charge >= 0.3 is 0 Å². The minimum absolute atomic E-state index is 0.142. The number of hydrogen-bond acceptors (Lipinski definition) is 6. The number of carbonyl (C=O) groups excluding carboxylic acids is 1. The standard InChI is InChI=1S/C12H12ClN5O/c1-7-14-4-3-9(16-7)5-15-12-10(6-19)11(13)17-8(2)18-12/h3-4,6H,5H2,1-2H3,(H,15,17,18). The highest BCUT2D eigenvalue weighted by Gasteiger charge is 2.10. The third-order valence-corrected chi connectivity index (χ3v) is 2.69. The molecular weight excluding hydrogens is 266 g/mol. The van der Waals surface area contributed by atoms with Crippen LogP contribution in [0.4, 0.5) is 5.82 Å². The van der Waals surface area contributed by atoms with Gasteiger partial charge in [0.1, 0.15) is 22.6 Å². The van der Waals surface area contributed by atoms with E-state index in [4.69, 9.17) is 11.6 Å². The van der Waals surface area contributed by atoms with Crippen molar-refractivity contribution >= 4 is 23.7 Å². The first kappa shape index (κ1) is 13.4. The molecule has 0 saturated carbocycles. The highest BCUT2D eigenvalue weighted by Crippen LogP contribution is 2.19. The zero-order valence-corrected chi connectivity index (χ0v) is 11.3. The number of nitrogens with zero attached hydrogens (tertiary/aromatic N) is 4. The lowest BCUT2D eigenvalue weighted by atomic mass is 10.3. The first-order valence-electron chi connectivity index (χ1n) is 5.62. The summed E-state index contributed by atoms with van der Waals surface area (Å²) in [6.07, 6.45) is 2.31. The van der Waals surface area contributed by atoms with E-state index < -0.39 is 0 Å². The molecule has 7 heteroatoms. The quantitative estimate of drug-likeness (QED) is 0.680. The average Bonchev–Trinajstić information content (AvgIpc) is 2.36. The molecule has 0 aromatic carbocycles. The van der Waals surface area contributed by atoms with Gasteiger partial charge in [-0.3, -0.25) is 4.79 Å². The summed E-state index contributed by atoms with van der Waals surface area (Å²) in [6, 6.07) is 1.79. The van der Waals surface area contributed by atoms with Crippen LogP contribution in [0.25, 0.3) is 0 Å². The summed E-state index contributed by atoms with van der Waals surface area (Å²) >= 11 is 5.89. The van der Waals surface area contributed by atoms with E-state index in [1.165, 1.54) is 0 Å². The van der Waals surface area contributed by atoms with Crippen LogP contribution in [0.1, 0.15) is 27.7 Å². The molecule has 0 atom stereocenters. The second kappa shape index (κ2) is 5.71. The highest BCUT2D eigenvalue weighted by molar-refractivity contribution is 6.32. The second-order valence-electron chi connectivity index (χ2n) is 3.89. The number of anilines is 1. The van der Waals surface area contributed by atoms with Gasteiger partial charge in [-0.2, -0.15) is 0 Å². The fourth-order valence-electron chi connectivity index (χ4n) is 1.56. The van der Waals surface area contributed by atoms with Crippen molar-refractivity contribution in [3.8, 4) is 0 Å². The molecule has 2 rings (SSSR count). The lowest BCUT2D eigenvalue weighted by molar-refractivity contribution is 0.112. The molecule has 0 unspecified atom stereocenters. The third kappa shape index (κ3) is 3.23. The number of carbonyl (C=O) groups is 1. The van der Waals surface area contributed by atoms with Crippen molar-refractivity contribution in [2.75, 3.05) is 5.32 Å². The third-order valence-electron chi connectivity index (χ3n) is 2.40. The Labute approximate surface area is 115 Å². The Hall–Kier alpha value is -2.08. The number of aromatic nitrogens is 4. The van der Waals surface area contributed by atoms with E-state index in [0.717, 1.165) is 5.69 Å². The van der Waals surface area contributed by atoms with Gasteiger partial charge in [-0.1, -0.05) is 11.6 Å². The van der Waals surface area contributed by atoms with Crippen LogP contribution in [0.2, 0.25) is 5.15 Å². The Kier molecular flexibility index (Phi) is 4.01. The summed E-state index contributed by atoms with van der Waals surface area (Å²) in [5.74, 6) is 1.59. The molecule has 6 nitrogen and oxygen atoms in total. The summed E-state index contributed by atoms with van der Waals surface area (Å²) in [7, 11) is 0. The number of rotatable bonds is 4. The molecule has 0 aliphatic carbocycles. The van der Waals surface area contributed by atoms with Gasteiger partial charge in [0.15, 0.2) is 6.29 Å². The van der Waals surface area contributed by atoms with E-state index >= 15 is 0 Å².